The minimum Gasteiger partial charge on any atom is -0.339 e. The molecule has 2 saturated heterocycles. The van der Waals surface area contributed by atoms with Crippen molar-refractivity contribution in [3.8, 4) is 10.7 Å². The van der Waals surface area contributed by atoms with E-state index in [2.05, 4.69) is 15.0 Å². The van der Waals surface area contributed by atoms with Crippen LogP contribution < -0.4 is 0 Å². The number of hydrogen-bond donors (Lipinski definition) is 0. The minimum absolute atomic E-state index is 0.0113. The smallest absolute Gasteiger partial charge is 0.264 e. The highest BCUT2D eigenvalue weighted by Gasteiger charge is 2.37. The fourth-order valence-electron chi connectivity index (χ4n) is 4.53. The number of rotatable bonds is 7. The molecule has 5 rings (SSSR count). The second-order valence-corrected chi connectivity index (χ2v) is 10.3. The highest BCUT2D eigenvalue weighted by atomic mass is 32.1. The predicted octanol–water partition coefficient (Wildman–Crippen LogP) is 3.24. The number of aromatic nitrogens is 2. The van der Waals surface area contributed by atoms with E-state index < -0.39 is 0 Å². The Kier molecular flexibility index (Phi) is 6.84. The molecule has 2 aliphatic heterocycles. The van der Waals surface area contributed by atoms with Crippen LogP contribution in [-0.4, -0.2) is 82.0 Å². The molecule has 3 aromatic rings. The molecule has 0 aromatic carbocycles. The van der Waals surface area contributed by atoms with Crippen molar-refractivity contribution in [2.45, 2.75) is 31.7 Å². The molecule has 1 atom stereocenters. The largest absolute Gasteiger partial charge is 0.339 e. The minimum atomic E-state index is -0.318. The fraction of sp³-hybridized carbons (Fsp3) is 0.478. The summed E-state index contributed by atoms with van der Waals surface area (Å²) in [5.41, 5.74) is 0. The second kappa shape index (κ2) is 10.1. The van der Waals surface area contributed by atoms with Crippen LogP contribution in [0.4, 0.5) is 0 Å². The van der Waals surface area contributed by atoms with Gasteiger partial charge in [0.1, 0.15) is 6.04 Å². The topological polar surface area (TPSA) is 82.8 Å². The maximum atomic E-state index is 13.2. The van der Waals surface area contributed by atoms with Gasteiger partial charge in [0.25, 0.3) is 5.91 Å². The Morgan fingerprint density at radius 1 is 1.06 bits per heavy atom. The van der Waals surface area contributed by atoms with E-state index in [-0.39, 0.29) is 17.9 Å². The molecule has 2 fully saturated rings. The summed E-state index contributed by atoms with van der Waals surface area (Å²) in [5.74, 6) is 1.42. The molecule has 33 heavy (non-hydrogen) atoms. The molecule has 10 heteroatoms. The third-order valence-corrected chi connectivity index (χ3v) is 8.01. The lowest BCUT2D eigenvalue weighted by molar-refractivity contribution is -0.137. The number of nitrogens with zero attached hydrogens (tertiary/aromatic N) is 5. The molecule has 174 valence electrons. The van der Waals surface area contributed by atoms with Crippen LogP contribution in [0.3, 0.4) is 0 Å². The quantitative estimate of drug-likeness (QED) is 0.511. The number of piperazine rings is 1. The molecular formula is C23H27N5O3S2. The molecule has 2 aliphatic rings. The molecule has 3 aromatic heterocycles. The Bertz CT molecular complexity index is 1060. The molecule has 0 bridgehead atoms. The summed E-state index contributed by atoms with van der Waals surface area (Å²) in [6, 6.07) is 7.37. The van der Waals surface area contributed by atoms with Crippen molar-refractivity contribution in [1.29, 1.82) is 0 Å². The summed E-state index contributed by atoms with van der Waals surface area (Å²) in [4.78, 5) is 38.3. The number of hydrogen-bond acceptors (Lipinski definition) is 8. The molecule has 0 unspecified atom stereocenters. The first-order valence-electron chi connectivity index (χ1n) is 11.4. The number of likely N-dealkylation sites (tertiary alicyclic amines) is 1. The summed E-state index contributed by atoms with van der Waals surface area (Å²) in [7, 11) is 0. The molecule has 5 heterocycles. The highest BCUT2D eigenvalue weighted by Crippen LogP contribution is 2.24. The van der Waals surface area contributed by atoms with Crippen molar-refractivity contribution in [1.82, 2.24) is 24.8 Å². The van der Waals surface area contributed by atoms with Crippen LogP contribution in [0.5, 0.6) is 0 Å². The van der Waals surface area contributed by atoms with E-state index in [1.807, 2.05) is 39.9 Å². The van der Waals surface area contributed by atoms with Crippen LogP contribution in [0.1, 0.15) is 34.8 Å². The summed E-state index contributed by atoms with van der Waals surface area (Å²) < 4.78 is 5.38. The van der Waals surface area contributed by atoms with E-state index in [0.29, 0.717) is 36.2 Å². The first kappa shape index (κ1) is 22.2. The van der Waals surface area contributed by atoms with Gasteiger partial charge in [0.05, 0.1) is 9.75 Å². The second-order valence-electron chi connectivity index (χ2n) is 8.39. The Morgan fingerprint density at radius 3 is 2.64 bits per heavy atom. The van der Waals surface area contributed by atoms with Gasteiger partial charge in [-0.3, -0.25) is 14.5 Å². The third kappa shape index (κ3) is 5.02. The van der Waals surface area contributed by atoms with Gasteiger partial charge in [-0.1, -0.05) is 17.3 Å². The monoisotopic (exact) mass is 485 g/mol. The first-order valence-corrected chi connectivity index (χ1v) is 13.2. The van der Waals surface area contributed by atoms with Crippen molar-refractivity contribution in [3.05, 3.63) is 45.8 Å². The summed E-state index contributed by atoms with van der Waals surface area (Å²) in [6.07, 6.45) is 3.33. The van der Waals surface area contributed by atoms with E-state index >= 15 is 0 Å². The molecular weight excluding hydrogens is 458 g/mol. The van der Waals surface area contributed by atoms with Gasteiger partial charge >= 0.3 is 0 Å². The fourth-order valence-corrected chi connectivity index (χ4v) is 5.86. The van der Waals surface area contributed by atoms with Gasteiger partial charge in [-0.15, -0.1) is 22.7 Å². The van der Waals surface area contributed by atoms with Crippen molar-refractivity contribution in [2.24, 2.45) is 0 Å². The zero-order valence-electron chi connectivity index (χ0n) is 18.4. The molecule has 0 spiro atoms. The number of amides is 2. The van der Waals surface area contributed by atoms with Gasteiger partial charge in [-0.25, -0.2) is 0 Å². The Hall–Kier alpha value is -2.56. The van der Waals surface area contributed by atoms with Crippen molar-refractivity contribution in [3.63, 3.8) is 0 Å². The normalized spacial score (nSPS) is 19.3. The first-order chi connectivity index (χ1) is 16.2. The number of carbonyl (C=O) groups excluding carboxylic acids is 2. The van der Waals surface area contributed by atoms with Crippen LogP contribution in [0.25, 0.3) is 10.7 Å². The van der Waals surface area contributed by atoms with Gasteiger partial charge in [0.15, 0.2) is 0 Å². The molecule has 0 aliphatic carbocycles. The van der Waals surface area contributed by atoms with Crippen molar-refractivity contribution >= 4 is 34.5 Å². The summed E-state index contributed by atoms with van der Waals surface area (Å²) in [5, 5.41) is 7.97. The zero-order valence-corrected chi connectivity index (χ0v) is 20.0. The van der Waals surface area contributed by atoms with Crippen LogP contribution in [0, 0.1) is 0 Å². The van der Waals surface area contributed by atoms with Gasteiger partial charge in [0, 0.05) is 39.1 Å². The summed E-state index contributed by atoms with van der Waals surface area (Å²) in [6.45, 7) is 4.71. The van der Waals surface area contributed by atoms with Gasteiger partial charge in [-0.05, 0) is 48.7 Å². The van der Waals surface area contributed by atoms with Gasteiger partial charge in [0.2, 0.25) is 17.6 Å². The Morgan fingerprint density at radius 2 is 1.88 bits per heavy atom. The standard InChI is InChI=1S/C23H27N5O3S2/c29-22(17-5-1-10-28(17)23(30)19-7-4-16-33-19)27-13-11-26(12-14-27)9-2-8-20-24-21(25-31-20)18-6-3-15-32-18/h3-4,6-7,15-17H,1-2,5,8-14H2/t17-/m0/s1. The lowest BCUT2D eigenvalue weighted by atomic mass is 10.1. The Labute approximate surface area is 200 Å². The molecule has 0 N–H and O–H groups in total. The van der Waals surface area contributed by atoms with E-state index in [4.69, 9.17) is 4.52 Å². The lowest BCUT2D eigenvalue weighted by Gasteiger charge is -2.37. The number of aryl methyl sites for hydroxylation is 1. The maximum absolute atomic E-state index is 13.2. The number of carbonyl (C=O) groups is 2. The van der Waals surface area contributed by atoms with Crippen LogP contribution in [0.15, 0.2) is 39.5 Å². The van der Waals surface area contributed by atoms with Crippen LogP contribution in [0.2, 0.25) is 0 Å². The number of thiophene rings is 2. The molecule has 8 nitrogen and oxygen atoms in total. The van der Waals surface area contributed by atoms with Crippen molar-refractivity contribution in [2.75, 3.05) is 39.3 Å². The van der Waals surface area contributed by atoms with Gasteiger partial charge < -0.3 is 14.3 Å². The lowest BCUT2D eigenvalue weighted by Crippen LogP contribution is -2.54. The summed E-state index contributed by atoms with van der Waals surface area (Å²) >= 11 is 3.04. The van der Waals surface area contributed by atoms with Crippen LogP contribution in [-0.2, 0) is 11.2 Å². The predicted molar refractivity (Wildman–Crippen MR) is 127 cm³/mol. The average Bonchev–Trinajstić information content (AvgIpc) is 3.65. The zero-order chi connectivity index (χ0) is 22.6. The van der Waals surface area contributed by atoms with Crippen LogP contribution >= 0.6 is 22.7 Å². The highest BCUT2D eigenvalue weighted by molar-refractivity contribution is 7.13. The average molecular weight is 486 g/mol. The SMILES string of the molecule is O=C([C@@H]1CCCN1C(=O)c1cccs1)N1CCN(CCCc2nc(-c3cccs3)no2)CC1. The molecule has 0 saturated carbocycles. The van der Waals surface area contributed by atoms with E-state index in [9.17, 15) is 9.59 Å². The van der Waals surface area contributed by atoms with Gasteiger partial charge in [-0.2, -0.15) is 4.98 Å². The van der Waals surface area contributed by atoms with E-state index in [1.54, 1.807) is 16.2 Å². The van der Waals surface area contributed by atoms with Crippen molar-refractivity contribution < 1.29 is 14.1 Å². The molecule has 0 radical (unpaired) electrons. The van der Waals surface area contributed by atoms with E-state index in [0.717, 1.165) is 50.2 Å². The Balaban J connectivity index is 1.07. The van der Waals surface area contributed by atoms with E-state index in [1.165, 1.54) is 11.3 Å². The third-order valence-electron chi connectivity index (χ3n) is 6.29. The maximum Gasteiger partial charge on any atom is 0.264 e. The molecule has 2 amide bonds.